The summed E-state index contributed by atoms with van der Waals surface area (Å²) in [5.41, 5.74) is 1.07. The van der Waals surface area contributed by atoms with Crippen LogP contribution in [0.3, 0.4) is 0 Å². The molecule has 0 bridgehead atoms. The van der Waals surface area contributed by atoms with Crippen LogP contribution in [0.1, 0.15) is 0 Å². The molecular formula is C13H8ClFN4S. The second kappa shape index (κ2) is 5.15. The average Bonchev–Trinajstić information content (AvgIpc) is 2.82. The molecule has 0 aliphatic carbocycles. The van der Waals surface area contributed by atoms with Gasteiger partial charge in [0.2, 0.25) is 0 Å². The third-order valence-electron chi connectivity index (χ3n) is 2.76. The van der Waals surface area contributed by atoms with Gasteiger partial charge in [-0.2, -0.15) is 5.10 Å². The zero-order valence-corrected chi connectivity index (χ0v) is 11.6. The molecular weight excluding hydrogens is 299 g/mol. The summed E-state index contributed by atoms with van der Waals surface area (Å²) >= 11 is 10.9. The second-order valence-electron chi connectivity index (χ2n) is 4.02. The third-order valence-corrected chi connectivity index (χ3v) is 3.27. The smallest absolute Gasteiger partial charge is 0.200 e. The highest BCUT2D eigenvalue weighted by Crippen LogP contribution is 2.24. The number of nitrogens with one attached hydrogen (secondary N) is 1. The van der Waals surface area contributed by atoms with E-state index in [0.29, 0.717) is 21.3 Å². The number of aromatic amines is 1. The van der Waals surface area contributed by atoms with E-state index in [1.54, 1.807) is 36.7 Å². The van der Waals surface area contributed by atoms with Crippen molar-refractivity contribution >= 4 is 23.8 Å². The minimum atomic E-state index is -0.467. The Bertz CT molecular complexity index is 813. The number of hydrogen-bond acceptors (Lipinski definition) is 3. The molecule has 1 aromatic carbocycles. The van der Waals surface area contributed by atoms with Crippen molar-refractivity contribution in [2.75, 3.05) is 0 Å². The number of rotatable bonds is 2. The summed E-state index contributed by atoms with van der Waals surface area (Å²) in [4.78, 5) is 3.94. The topological polar surface area (TPSA) is 46.5 Å². The first-order valence-corrected chi connectivity index (χ1v) is 6.48. The fourth-order valence-corrected chi connectivity index (χ4v) is 2.27. The van der Waals surface area contributed by atoms with E-state index in [-0.39, 0.29) is 0 Å². The maximum absolute atomic E-state index is 14.1. The molecule has 100 valence electrons. The summed E-state index contributed by atoms with van der Waals surface area (Å²) in [6.07, 6.45) is 3.27. The molecule has 0 atom stereocenters. The van der Waals surface area contributed by atoms with E-state index in [1.807, 2.05) is 0 Å². The zero-order valence-electron chi connectivity index (χ0n) is 10.0. The fraction of sp³-hybridized carbons (Fsp3) is 0. The molecule has 0 unspecified atom stereocenters. The van der Waals surface area contributed by atoms with Crippen LogP contribution in [0, 0.1) is 10.6 Å². The molecule has 2 aromatic heterocycles. The van der Waals surface area contributed by atoms with Crippen molar-refractivity contribution in [3.8, 4) is 17.1 Å². The van der Waals surface area contributed by atoms with E-state index in [1.165, 1.54) is 10.6 Å². The summed E-state index contributed by atoms with van der Waals surface area (Å²) in [7, 11) is 0. The molecule has 1 N–H and O–H groups in total. The van der Waals surface area contributed by atoms with Gasteiger partial charge in [0, 0.05) is 23.0 Å². The number of benzene rings is 1. The Labute approximate surface area is 123 Å². The molecule has 0 amide bonds. The summed E-state index contributed by atoms with van der Waals surface area (Å²) in [6, 6.07) is 7.95. The van der Waals surface area contributed by atoms with E-state index in [2.05, 4.69) is 15.2 Å². The predicted octanol–water partition coefficient (Wildman–Crippen LogP) is 3.78. The lowest BCUT2D eigenvalue weighted by Gasteiger charge is -2.08. The average molecular weight is 307 g/mol. The maximum atomic E-state index is 14.1. The van der Waals surface area contributed by atoms with Crippen molar-refractivity contribution in [3.05, 3.63) is 58.3 Å². The number of aromatic nitrogens is 4. The van der Waals surface area contributed by atoms with Crippen LogP contribution in [0.2, 0.25) is 5.02 Å². The second-order valence-corrected chi connectivity index (χ2v) is 4.84. The Morgan fingerprint density at radius 3 is 2.65 bits per heavy atom. The Balaban J connectivity index is 2.25. The molecule has 7 heteroatoms. The Hall–Kier alpha value is -2.05. The lowest BCUT2D eigenvalue weighted by Crippen LogP contribution is -2.00. The van der Waals surface area contributed by atoms with Gasteiger partial charge in [-0.3, -0.25) is 14.6 Å². The normalized spacial score (nSPS) is 10.7. The third kappa shape index (κ3) is 2.23. The zero-order chi connectivity index (χ0) is 14.1. The van der Waals surface area contributed by atoms with E-state index in [0.717, 1.165) is 5.56 Å². The van der Waals surface area contributed by atoms with Crippen molar-refractivity contribution in [1.82, 2.24) is 19.7 Å². The standard InChI is InChI=1S/C13H8ClFN4S/c14-9-1-2-11(10(15)7-9)19-12(17-18-13(19)20)8-3-5-16-6-4-8/h1-7H,(H,18,20). The van der Waals surface area contributed by atoms with Crippen LogP contribution in [-0.4, -0.2) is 19.7 Å². The molecule has 4 nitrogen and oxygen atoms in total. The molecule has 0 fully saturated rings. The number of halogens is 2. The van der Waals surface area contributed by atoms with Gasteiger partial charge in [0.25, 0.3) is 0 Å². The van der Waals surface area contributed by atoms with Crippen LogP contribution >= 0.6 is 23.8 Å². The number of hydrogen-bond donors (Lipinski definition) is 1. The van der Waals surface area contributed by atoms with E-state index in [4.69, 9.17) is 23.8 Å². The van der Waals surface area contributed by atoms with Crippen LogP contribution in [0.15, 0.2) is 42.7 Å². The fourth-order valence-electron chi connectivity index (χ4n) is 1.88. The van der Waals surface area contributed by atoms with Crippen LogP contribution in [-0.2, 0) is 0 Å². The van der Waals surface area contributed by atoms with Crippen LogP contribution in [0.4, 0.5) is 4.39 Å². The molecule has 0 aliphatic heterocycles. The van der Waals surface area contributed by atoms with Gasteiger partial charge in [-0.1, -0.05) is 11.6 Å². The molecule has 0 radical (unpaired) electrons. The first kappa shape index (κ1) is 13.0. The molecule has 0 aliphatic rings. The molecule has 2 heterocycles. The highest BCUT2D eigenvalue weighted by Gasteiger charge is 2.14. The van der Waals surface area contributed by atoms with E-state index in [9.17, 15) is 4.39 Å². The van der Waals surface area contributed by atoms with Crippen LogP contribution in [0.5, 0.6) is 0 Å². The van der Waals surface area contributed by atoms with Crippen molar-refractivity contribution in [3.63, 3.8) is 0 Å². The Kier molecular flexibility index (Phi) is 3.33. The van der Waals surface area contributed by atoms with Gasteiger partial charge in [0.1, 0.15) is 5.82 Å². The minimum Gasteiger partial charge on any atom is -0.265 e. The van der Waals surface area contributed by atoms with E-state index < -0.39 is 5.82 Å². The Morgan fingerprint density at radius 2 is 1.95 bits per heavy atom. The summed E-state index contributed by atoms with van der Waals surface area (Å²) in [5, 5.41) is 7.14. The largest absolute Gasteiger partial charge is 0.265 e. The van der Waals surface area contributed by atoms with Gasteiger partial charge < -0.3 is 0 Å². The van der Waals surface area contributed by atoms with Gasteiger partial charge in [-0.15, -0.1) is 0 Å². The molecule has 3 rings (SSSR count). The highest BCUT2D eigenvalue weighted by molar-refractivity contribution is 7.71. The van der Waals surface area contributed by atoms with Gasteiger partial charge in [-0.25, -0.2) is 4.39 Å². The first-order chi connectivity index (χ1) is 9.66. The van der Waals surface area contributed by atoms with E-state index >= 15 is 0 Å². The number of H-pyrrole nitrogens is 1. The van der Waals surface area contributed by atoms with Crippen molar-refractivity contribution in [2.45, 2.75) is 0 Å². The minimum absolute atomic E-state index is 0.292. The lowest BCUT2D eigenvalue weighted by molar-refractivity contribution is 0.618. The monoisotopic (exact) mass is 306 g/mol. The van der Waals surface area contributed by atoms with Gasteiger partial charge in [0.15, 0.2) is 10.6 Å². The van der Waals surface area contributed by atoms with Crippen LogP contribution in [0.25, 0.3) is 17.1 Å². The van der Waals surface area contributed by atoms with Crippen molar-refractivity contribution in [2.24, 2.45) is 0 Å². The predicted molar refractivity (Wildman–Crippen MR) is 76.9 cm³/mol. The molecule has 0 spiro atoms. The van der Waals surface area contributed by atoms with Crippen molar-refractivity contribution < 1.29 is 4.39 Å². The Morgan fingerprint density at radius 1 is 1.20 bits per heavy atom. The maximum Gasteiger partial charge on any atom is 0.200 e. The van der Waals surface area contributed by atoms with Gasteiger partial charge >= 0.3 is 0 Å². The molecule has 0 saturated carbocycles. The summed E-state index contributed by atoms with van der Waals surface area (Å²) < 4.78 is 15.9. The van der Waals surface area contributed by atoms with Crippen LogP contribution < -0.4 is 0 Å². The van der Waals surface area contributed by atoms with Crippen molar-refractivity contribution in [1.29, 1.82) is 0 Å². The number of pyridine rings is 1. The first-order valence-electron chi connectivity index (χ1n) is 5.70. The summed E-state index contributed by atoms with van der Waals surface area (Å²) in [5.74, 6) is 0.0453. The summed E-state index contributed by atoms with van der Waals surface area (Å²) in [6.45, 7) is 0. The highest BCUT2D eigenvalue weighted by atomic mass is 35.5. The molecule has 3 aromatic rings. The van der Waals surface area contributed by atoms with Gasteiger partial charge in [0.05, 0.1) is 5.69 Å². The molecule has 0 saturated heterocycles. The lowest BCUT2D eigenvalue weighted by atomic mass is 10.2. The van der Waals surface area contributed by atoms with Gasteiger partial charge in [-0.05, 0) is 42.5 Å². The SMILES string of the molecule is Fc1cc(Cl)ccc1-n1c(-c2ccncc2)n[nH]c1=S. The molecule has 20 heavy (non-hydrogen) atoms. The quantitative estimate of drug-likeness (QED) is 0.733. The number of nitrogens with zero attached hydrogens (tertiary/aromatic N) is 3.